The van der Waals surface area contributed by atoms with E-state index in [1.165, 1.54) is 0 Å². The Kier molecular flexibility index (Phi) is 0.0978. The minimum Gasteiger partial charge on any atom is -0.0761 e. The van der Waals surface area contributed by atoms with E-state index in [-0.39, 0.29) is 0 Å². The molecule has 0 radical (unpaired) electrons. The third kappa shape index (κ3) is 0.0510. The van der Waals surface area contributed by atoms with E-state index >= 15 is 0 Å². The van der Waals surface area contributed by atoms with Crippen molar-refractivity contribution in [3.63, 3.8) is 0 Å². The Morgan fingerprint density at radius 2 is 2.33 bits per heavy atom. The summed E-state index contributed by atoms with van der Waals surface area (Å²) in [6.07, 6.45) is 4.58. The van der Waals surface area contributed by atoms with Gasteiger partial charge in [0.05, 0.1) is 0 Å². The summed E-state index contributed by atoms with van der Waals surface area (Å²) in [5.74, 6) is 1.99. The van der Waals surface area contributed by atoms with Crippen LogP contribution in [0.15, 0.2) is 23.3 Å². The fraction of sp³-hybridized carbons (Fsp3) is 0.333. The van der Waals surface area contributed by atoms with Gasteiger partial charge < -0.3 is 0 Å². The molecule has 4 aliphatic carbocycles. The molecule has 0 amide bonds. The second-order valence-electron chi connectivity index (χ2n) is 2.27. The van der Waals surface area contributed by atoms with Gasteiger partial charge in [0, 0.05) is 11.8 Å². The van der Waals surface area contributed by atoms with Crippen molar-refractivity contribution in [2.24, 2.45) is 11.8 Å². The van der Waals surface area contributed by atoms with Crippen molar-refractivity contribution in [3.05, 3.63) is 23.3 Å². The molecule has 0 spiro atoms. The second-order valence-corrected chi connectivity index (χ2v) is 2.27. The smallest absolute Gasteiger partial charge is 0.0161 e. The van der Waals surface area contributed by atoms with Crippen LogP contribution in [-0.2, 0) is 0 Å². The minimum atomic E-state index is 0.972. The van der Waals surface area contributed by atoms with Crippen LogP contribution in [0.2, 0.25) is 0 Å². The molecule has 1 saturated carbocycles. The second kappa shape index (κ2) is 0.299. The van der Waals surface area contributed by atoms with Gasteiger partial charge in [-0.1, -0.05) is 17.7 Å². The maximum absolute atomic E-state index is 2.31. The van der Waals surface area contributed by atoms with Crippen LogP contribution in [0.5, 0.6) is 0 Å². The molecular weight excluding hydrogens is 72.1 g/mol. The first kappa shape index (κ1) is 1.97. The monoisotopic (exact) mass is 76.0 g/mol. The highest BCUT2D eigenvalue weighted by Gasteiger charge is 2.62. The molecule has 0 N–H and O–H groups in total. The maximum atomic E-state index is 2.31. The van der Waals surface area contributed by atoms with E-state index in [1.807, 2.05) is 0 Å². The number of rotatable bonds is 0. The van der Waals surface area contributed by atoms with Crippen LogP contribution in [0.4, 0.5) is 0 Å². The highest BCUT2D eigenvalue weighted by molar-refractivity contribution is 5.72. The third-order valence-corrected chi connectivity index (χ3v) is 2.01. The first-order valence-corrected chi connectivity index (χ1v) is 2.40. The van der Waals surface area contributed by atoms with Crippen molar-refractivity contribution in [1.29, 1.82) is 0 Å². The van der Waals surface area contributed by atoms with Crippen molar-refractivity contribution in [3.8, 4) is 0 Å². The molecule has 0 heteroatoms. The molecule has 0 aromatic carbocycles. The number of allylic oxidation sites excluding steroid dienone is 4. The van der Waals surface area contributed by atoms with E-state index in [1.54, 1.807) is 11.1 Å². The molecule has 0 aromatic heterocycles. The lowest BCUT2D eigenvalue weighted by atomic mass is 10.3. The zero-order chi connectivity index (χ0) is 3.72. The topological polar surface area (TPSA) is 0 Å². The lowest BCUT2D eigenvalue weighted by molar-refractivity contribution is 1.01. The molecule has 6 heavy (non-hydrogen) atoms. The molecule has 0 nitrogen and oxygen atoms in total. The van der Waals surface area contributed by atoms with Crippen LogP contribution in [0.1, 0.15) is 0 Å². The van der Waals surface area contributed by atoms with Crippen molar-refractivity contribution < 1.29 is 0 Å². The lowest BCUT2D eigenvalue weighted by Gasteiger charge is -1.73. The third-order valence-electron chi connectivity index (χ3n) is 2.01. The highest BCUT2D eigenvalue weighted by Crippen LogP contribution is 2.72. The summed E-state index contributed by atoms with van der Waals surface area (Å²) in [6.45, 7) is 0. The van der Waals surface area contributed by atoms with Crippen molar-refractivity contribution >= 4 is 0 Å². The van der Waals surface area contributed by atoms with E-state index in [9.17, 15) is 0 Å². The molecule has 2 atom stereocenters. The van der Waals surface area contributed by atoms with E-state index in [2.05, 4.69) is 12.2 Å². The molecule has 1 fully saturated rings. The van der Waals surface area contributed by atoms with E-state index in [0.717, 1.165) is 11.8 Å². The molecule has 0 aromatic rings. The average molecular weight is 76.1 g/mol. The fourth-order valence-electron chi connectivity index (χ4n) is 1.47. The summed E-state index contributed by atoms with van der Waals surface area (Å²) in [5, 5.41) is 0. The summed E-state index contributed by atoms with van der Waals surface area (Å²) in [7, 11) is 0. The Hall–Kier alpha value is -0.520. The molecule has 0 saturated heterocycles. The largest absolute Gasteiger partial charge is 0.0761 e. The fourth-order valence-corrected chi connectivity index (χ4v) is 1.47. The normalized spacial score (nSPS) is 53.3. The van der Waals surface area contributed by atoms with Crippen LogP contribution in [-0.4, -0.2) is 0 Å². The Morgan fingerprint density at radius 3 is 2.50 bits per heavy atom. The average Bonchev–Trinajstić information content (AvgIpc) is 2.30. The van der Waals surface area contributed by atoms with Crippen LogP contribution >= 0.6 is 0 Å². The van der Waals surface area contributed by atoms with E-state index in [4.69, 9.17) is 0 Å². The molecule has 0 heterocycles. The SMILES string of the molecule is C1=CC2C3=C1C32. The summed E-state index contributed by atoms with van der Waals surface area (Å²) in [5.41, 5.74) is 3.43. The van der Waals surface area contributed by atoms with Crippen molar-refractivity contribution in [1.82, 2.24) is 0 Å². The number of hydrogen-bond acceptors (Lipinski definition) is 0. The minimum absolute atomic E-state index is 0.972. The van der Waals surface area contributed by atoms with Gasteiger partial charge in [-0.2, -0.15) is 0 Å². The van der Waals surface area contributed by atoms with Crippen LogP contribution in [0.3, 0.4) is 0 Å². The van der Waals surface area contributed by atoms with Crippen LogP contribution < -0.4 is 0 Å². The summed E-state index contributed by atoms with van der Waals surface area (Å²) in [6, 6.07) is 0. The zero-order valence-electron chi connectivity index (χ0n) is 3.31. The standard InChI is InChI=1S/C6H4/c1-2-4-5-3(1)6(4)5/h1-3,5H. The van der Waals surface area contributed by atoms with Gasteiger partial charge in [0.15, 0.2) is 0 Å². The van der Waals surface area contributed by atoms with Gasteiger partial charge in [0.25, 0.3) is 0 Å². The lowest BCUT2D eigenvalue weighted by Crippen LogP contribution is -1.65. The van der Waals surface area contributed by atoms with Gasteiger partial charge in [0.2, 0.25) is 0 Å². The van der Waals surface area contributed by atoms with Crippen molar-refractivity contribution in [2.75, 3.05) is 0 Å². The zero-order valence-corrected chi connectivity index (χ0v) is 3.31. The molecule has 4 rings (SSSR count). The van der Waals surface area contributed by atoms with Gasteiger partial charge in [-0.05, 0) is 5.57 Å². The van der Waals surface area contributed by atoms with Crippen molar-refractivity contribution in [2.45, 2.75) is 0 Å². The predicted molar refractivity (Wildman–Crippen MR) is 23.1 cm³/mol. The Balaban J connectivity index is 2.56. The molecule has 28 valence electrons. The number of hydrogen-bond donors (Lipinski definition) is 0. The van der Waals surface area contributed by atoms with E-state index in [0.29, 0.717) is 0 Å². The summed E-state index contributed by atoms with van der Waals surface area (Å²) >= 11 is 0. The molecule has 0 aliphatic heterocycles. The van der Waals surface area contributed by atoms with Gasteiger partial charge in [0.1, 0.15) is 0 Å². The molecule has 2 bridgehead atoms. The Bertz CT molecular complexity index is 184. The first-order valence-electron chi connectivity index (χ1n) is 2.40. The highest BCUT2D eigenvalue weighted by atomic mass is 14.6. The Morgan fingerprint density at radius 1 is 1.50 bits per heavy atom. The molecular formula is C6H4. The first-order chi connectivity index (χ1) is 2.98. The van der Waals surface area contributed by atoms with Crippen LogP contribution in [0.25, 0.3) is 0 Å². The molecule has 4 aliphatic rings. The van der Waals surface area contributed by atoms with Gasteiger partial charge >= 0.3 is 0 Å². The van der Waals surface area contributed by atoms with Gasteiger partial charge in [-0.3, -0.25) is 0 Å². The van der Waals surface area contributed by atoms with Gasteiger partial charge in [-0.15, -0.1) is 0 Å². The molecule has 2 unspecified atom stereocenters. The quantitative estimate of drug-likeness (QED) is 0.405. The maximum Gasteiger partial charge on any atom is 0.0161 e. The Labute approximate surface area is 36.2 Å². The van der Waals surface area contributed by atoms with E-state index < -0.39 is 0 Å². The summed E-state index contributed by atoms with van der Waals surface area (Å²) in [4.78, 5) is 0. The predicted octanol–water partition coefficient (Wildman–Crippen LogP) is 1.11. The van der Waals surface area contributed by atoms with Crippen LogP contribution in [0, 0.1) is 11.8 Å². The summed E-state index contributed by atoms with van der Waals surface area (Å²) < 4.78 is 0. The van der Waals surface area contributed by atoms with Gasteiger partial charge in [-0.25, -0.2) is 0 Å².